The van der Waals surface area contributed by atoms with Gasteiger partial charge in [0.25, 0.3) is 5.91 Å². The van der Waals surface area contributed by atoms with Crippen molar-refractivity contribution >= 4 is 23.7 Å². The van der Waals surface area contributed by atoms with Crippen molar-refractivity contribution in [1.29, 1.82) is 0 Å². The van der Waals surface area contributed by atoms with E-state index in [1.807, 2.05) is 30.3 Å². The molecule has 5 heteroatoms. The van der Waals surface area contributed by atoms with Crippen LogP contribution in [0.15, 0.2) is 53.5 Å². The monoisotopic (exact) mass is 293 g/mol. The average molecular weight is 293 g/mol. The maximum Gasteiger partial charge on any atom is 0.277 e. The first-order valence-corrected chi connectivity index (χ1v) is 6.96. The standard InChI is InChI=1S/C17H15N3O2/c18-15(8-11-4-2-1-3-5-11)17(22)20-13-7-6-12-10-19-16(21)14(12)9-13/h1-7,9-10,15H,8,18H2,(H,20,22). The van der Waals surface area contributed by atoms with Crippen molar-refractivity contribution in [1.82, 2.24) is 0 Å². The predicted octanol–water partition coefficient (Wildman–Crippen LogP) is 1.77. The molecular weight excluding hydrogens is 278 g/mol. The number of fused-ring (bicyclic) bond motifs is 1. The summed E-state index contributed by atoms with van der Waals surface area (Å²) in [5.74, 6) is -0.574. The molecule has 1 aliphatic heterocycles. The third-order valence-corrected chi connectivity index (χ3v) is 3.51. The van der Waals surface area contributed by atoms with Crippen LogP contribution in [-0.2, 0) is 11.2 Å². The van der Waals surface area contributed by atoms with Crippen LogP contribution in [0, 0.1) is 0 Å². The summed E-state index contributed by atoms with van der Waals surface area (Å²) in [6, 6.07) is 14.0. The van der Waals surface area contributed by atoms with E-state index in [2.05, 4.69) is 10.3 Å². The molecule has 2 aromatic carbocycles. The van der Waals surface area contributed by atoms with Crippen molar-refractivity contribution < 1.29 is 9.59 Å². The Kier molecular flexibility index (Phi) is 3.80. The van der Waals surface area contributed by atoms with Gasteiger partial charge in [-0.2, -0.15) is 0 Å². The molecule has 3 rings (SSSR count). The van der Waals surface area contributed by atoms with Crippen LogP contribution in [0.3, 0.4) is 0 Å². The number of hydrogen-bond donors (Lipinski definition) is 2. The lowest BCUT2D eigenvalue weighted by molar-refractivity contribution is -0.117. The van der Waals surface area contributed by atoms with Gasteiger partial charge in [0.1, 0.15) is 0 Å². The molecular formula is C17H15N3O2. The summed E-state index contributed by atoms with van der Waals surface area (Å²) in [7, 11) is 0. The highest BCUT2D eigenvalue weighted by Gasteiger charge is 2.18. The Hall–Kier alpha value is -2.79. The van der Waals surface area contributed by atoms with Crippen LogP contribution in [-0.4, -0.2) is 24.1 Å². The summed E-state index contributed by atoms with van der Waals surface area (Å²) in [6.07, 6.45) is 1.98. The van der Waals surface area contributed by atoms with Crippen LogP contribution in [0.5, 0.6) is 0 Å². The van der Waals surface area contributed by atoms with Crippen LogP contribution < -0.4 is 11.1 Å². The number of nitrogens with zero attached hydrogens (tertiary/aromatic N) is 1. The summed E-state index contributed by atoms with van der Waals surface area (Å²) in [4.78, 5) is 27.4. The Morgan fingerprint density at radius 1 is 1.18 bits per heavy atom. The van der Waals surface area contributed by atoms with Crippen molar-refractivity contribution in [2.24, 2.45) is 10.7 Å². The number of nitrogens with one attached hydrogen (secondary N) is 1. The van der Waals surface area contributed by atoms with Crippen molar-refractivity contribution in [2.45, 2.75) is 12.5 Å². The number of hydrogen-bond acceptors (Lipinski definition) is 3. The maximum absolute atomic E-state index is 12.1. The molecule has 1 heterocycles. The minimum absolute atomic E-state index is 0.282. The lowest BCUT2D eigenvalue weighted by Gasteiger charge is -2.13. The van der Waals surface area contributed by atoms with E-state index in [1.54, 1.807) is 18.2 Å². The number of rotatable bonds is 4. The molecule has 5 nitrogen and oxygen atoms in total. The Morgan fingerprint density at radius 3 is 2.73 bits per heavy atom. The SMILES string of the molecule is NC(Cc1ccccc1)C(=O)Nc1ccc2c(c1)C(=O)N=C2. The molecule has 22 heavy (non-hydrogen) atoms. The number of carbonyl (C=O) groups excluding carboxylic acids is 2. The lowest BCUT2D eigenvalue weighted by atomic mass is 10.1. The smallest absolute Gasteiger partial charge is 0.277 e. The highest BCUT2D eigenvalue weighted by atomic mass is 16.2. The van der Waals surface area contributed by atoms with Gasteiger partial charge in [0, 0.05) is 17.5 Å². The first-order valence-electron chi connectivity index (χ1n) is 6.96. The molecule has 0 aliphatic carbocycles. The molecule has 0 aromatic heterocycles. The van der Waals surface area contributed by atoms with E-state index < -0.39 is 6.04 Å². The van der Waals surface area contributed by atoms with E-state index in [9.17, 15) is 9.59 Å². The fraction of sp³-hybridized carbons (Fsp3) is 0.118. The summed E-state index contributed by atoms with van der Waals surface area (Å²) >= 11 is 0. The van der Waals surface area contributed by atoms with Gasteiger partial charge in [0.2, 0.25) is 5.91 Å². The molecule has 0 fully saturated rings. The summed E-state index contributed by atoms with van der Waals surface area (Å²) in [6.45, 7) is 0. The fourth-order valence-corrected chi connectivity index (χ4v) is 2.33. The normalized spacial score (nSPS) is 13.8. The van der Waals surface area contributed by atoms with Crippen molar-refractivity contribution in [2.75, 3.05) is 5.32 Å². The first-order chi connectivity index (χ1) is 10.6. The van der Waals surface area contributed by atoms with Gasteiger partial charge in [-0.3, -0.25) is 9.59 Å². The third kappa shape index (κ3) is 2.94. The van der Waals surface area contributed by atoms with E-state index in [0.29, 0.717) is 17.7 Å². The minimum atomic E-state index is -0.650. The number of amides is 2. The largest absolute Gasteiger partial charge is 0.325 e. The van der Waals surface area contributed by atoms with Crippen LogP contribution in [0.25, 0.3) is 0 Å². The molecule has 2 aromatic rings. The van der Waals surface area contributed by atoms with Gasteiger partial charge in [0.15, 0.2) is 0 Å². The van der Waals surface area contributed by atoms with E-state index in [0.717, 1.165) is 11.1 Å². The first kappa shape index (κ1) is 14.2. The number of nitrogens with two attached hydrogens (primary N) is 1. The van der Waals surface area contributed by atoms with Gasteiger partial charge < -0.3 is 11.1 Å². The molecule has 0 bridgehead atoms. The van der Waals surface area contributed by atoms with Crippen LogP contribution >= 0.6 is 0 Å². The Balaban J connectivity index is 1.67. The van der Waals surface area contributed by atoms with Crippen molar-refractivity contribution in [3.8, 4) is 0 Å². The zero-order chi connectivity index (χ0) is 15.5. The zero-order valence-corrected chi connectivity index (χ0v) is 11.8. The average Bonchev–Trinajstić information content (AvgIpc) is 2.89. The Labute approximate surface area is 127 Å². The molecule has 0 radical (unpaired) electrons. The van der Waals surface area contributed by atoms with Crippen LogP contribution in [0.2, 0.25) is 0 Å². The second kappa shape index (κ2) is 5.91. The lowest BCUT2D eigenvalue weighted by Crippen LogP contribution is -2.37. The van der Waals surface area contributed by atoms with Gasteiger partial charge in [-0.15, -0.1) is 0 Å². The number of aliphatic imine (C=N–C) groups is 1. The topological polar surface area (TPSA) is 84.5 Å². The summed E-state index contributed by atoms with van der Waals surface area (Å²) in [5.41, 5.74) is 8.74. The van der Waals surface area contributed by atoms with Gasteiger partial charge in [-0.05, 0) is 24.1 Å². The molecule has 0 saturated carbocycles. The Morgan fingerprint density at radius 2 is 1.95 bits per heavy atom. The summed E-state index contributed by atoms with van der Waals surface area (Å²) in [5, 5.41) is 2.74. The third-order valence-electron chi connectivity index (χ3n) is 3.51. The molecule has 1 aliphatic rings. The highest BCUT2D eigenvalue weighted by molar-refractivity contribution is 6.13. The molecule has 1 unspecified atom stereocenters. The van der Waals surface area contributed by atoms with E-state index in [1.165, 1.54) is 6.21 Å². The molecule has 0 spiro atoms. The van der Waals surface area contributed by atoms with E-state index in [-0.39, 0.29) is 11.8 Å². The molecule has 1 atom stereocenters. The van der Waals surface area contributed by atoms with Gasteiger partial charge >= 0.3 is 0 Å². The quantitative estimate of drug-likeness (QED) is 0.901. The van der Waals surface area contributed by atoms with Crippen molar-refractivity contribution in [3.63, 3.8) is 0 Å². The van der Waals surface area contributed by atoms with Gasteiger partial charge in [-0.25, -0.2) is 4.99 Å². The number of anilines is 1. The van der Waals surface area contributed by atoms with E-state index in [4.69, 9.17) is 5.73 Å². The zero-order valence-electron chi connectivity index (χ0n) is 11.8. The summed E-state index contributed by atoms with van der Waals surface area (Å²) < 4.78 is 0. The molecule has 3 N–H and O–H groups in total. The molecule has 0 saturated heterocycles. The van der Waals surface area contributed by atoms with Crippen LogP contribution in [0.4, 0.5) is 5.69 Å². The molecule has 110 valence electrons. The van der Waals surface area contributed by atoms with Crippen LogP contribution in [0.1, 0.15) is 21.5 Å². The Bertz CT molecular complexity index is 754. The van der Waals surface area contributed by atoms with Crippen molar-refractivity contribution in [3.05, 3.63) is 65.2 Å². The van der Waals surface area contributed by atoms with Gasteiger partial charge in [0.05, 0.1) is 11.6 Å². The maximum atomic E-state index is 12.1. The highest BCUT2D eigenvalue weighted by Crippen LogP contribution is 2.19. The second-order valence-corrected chi connectivity index (χ2v) is 5.15. The van der Waals surface area contributed by atoms with E-state index >= 15 is 0 Å². The molecule has 2 amide bonds. The predicted molar refractivity (Wildman–Crippen MR) is 85.1 cm³/mol. The second-order valence-electron chi connectivity index (χ2n) is 5.15. The number of carbonyl (C=O) groups is 2. The minimum Gasteiger partial charge on any atom is -0.325 e. The fourth-order valence-electron chi connectivity index (χ4n) is 2.33. The van der Waals surface area contributed by atoms with Gasteiger partial charge in [-0.1, -0.05) is 36.4 Å². The number of benzene rings is 2.